The molecule has 1 aliphatic carbocycles. The molecule has 2 rings (SSSR count). The number of nitrogens with one attached hydrogen (secondary N) is 1. The Labute approximate surface area is 88.3 Å². The van der Waals surface area contributed by atoms with Crippen molar-refractivity contribution in [2.24, 2.45) is 5.41 Å². The van der Waals surface area contributed by atoms with Gasteiger partial charge in [0, 0.05) is 6.04 Å². The molecule has 14 heavy (non-hydrogen) atoms. The van der Waals surface area contributed by atoms with Crippen LogP contribution in [0, 0.1) is 5.41 Å². The van der Waals surface area contributed by atoms with Crippen LogP contribution in [0.25, 0.3) is 0 Å². The molecular formula is C11H15NOS. The van der Waals surface area contributed by atoms with E-state index in [0.29, 0.717) is 11.5 Å². The summed E-state index contributed by atoms with van der Waals surface area (Å²) in [7, 11) is 0. The summed E-state index contributed by atoms with van der Waals surface area (Å²) in [6.07, 6.45) is 2.27. The fourth-order valence-corrected chi connectivity index (χ4v) is 2.29. The predicted octanol–water partition coefficient (Wildman–Crippen LogP) is 2.67. The Bertz CT molecular complexity index is 333. The lowest BCUT2D eigenvalue weighted by Crippen LogP contribution is -2.28. The molecule has 76 valence electrons. The van der Waals surface area contributed by atoms with Crippen LogP contribution in [0.2, 0.25) is 0 Å². The normalized spacial score (nSPS) is 30.0. The monoisotopic (exact) mass is 209 g/mol. The molecule has 0 bridgehead atoms. The topological polar surface area (TPSA) is 29.1 Å². The lowest BCUT2D eigenvalue weighted by Gasteiger charge is -2.08. The average Bonchev–Trinajstić information content (AvgIpc) is 2.67. The van der Waals surface area contributed by atoms with Crippen LogP contribution in [-0.4, -0.2) is 11.9 Å². The fourth-order valence-electron chi connectivity index (χ4n) is 1.66. The van der Waals surface area contributed by atoms with Gasteiger partial charge in [0.25, 0.3) is 5.91 Å². The van der Waals surface area contributed by atoms with Crippen molar-refractivity contribution < 1.29 is 4.79 Å². The Morgan fingerprint density at radius 1 is 1.79 bits per heavy atom. The van der Waals surface area contributed by atoms with E-state index < -0.39 is 0 Å². The Balaban J connectivity index is 1.92. The van der Waals surface area contributed by atoms with E-state index in [-0.39, 0.29) is 5.91 Å². The van der Waals surface area contributed by atoms with Crippen molar-refractivity contribution in [2.75, 3.05) is 0 Å². The van der Waals surface area contributed by atoms with Crippen LogP contribution in [0.4, 0.5) is 0 Å². The van der Waals surface area contributed by atoms with E-state index in [4.69, 9.17) is 0 Å². The van der Waals surface area contributed by atoms with Gasteiger partial charge in [0.05, 0.1) is 4.88 Å². The lowest BCUT2D eigenvalue weighted by atomic mass is 10.1. The van der Waals surface area contributed by atoms with E-state index in [0.717, 1.165) is 17.7 Å². The molecule has 2 unspecified atom stereocenters. The molecular weight excluding hydrogens is 194 g/mol. The standard InChI is InChI=1S/C11H15NOS/c1-3-11(2)7-9(11)12-10(13)8-5-4-6-14-8/h4-6,9H,3,7H2,1-2H3,(H,12,13). The van der Waals surface area contributed by atoms with Gasteiger partial charge in [-0.1, -0.05) is 19.9 Å². The second kappa shape index (κ2) is 3.39. The number of amides is 1. The van der Waals surface area contributed by atoms with E-state index in [1.54, 1.807) is 0 Å². The van der Waals surface area contributed by atoms with Crippen LogP contribution < -0.4 is 5.32 Å². The molecule has 0 saturated heterocycles. The molecule has 1 fully saturated rings. The van der Waals surface area contributed by atoms with E-state index in [2.05, 4.69) is 19.2 Å². The SMILES string of the molecule is CCC1(C)CC1NC(=O)c1cccs1. The summed E-state index contributed by atoms with van der Waals surface area (Å²) in [4.78, 5) is 12.5. The zero-order valence-corrected chi connectivity index (χ0v) is 9.36. The quantitative estimate of drug-likeness (QED) is 0.814. The molecule has 1 amide bonds. The molecule has 0 radical (unpaired) electrons. The Kier molecular flexibility index (Phi) is 2.35. The lowest BCUT2D eigenvalue weighted by molar-refractivity contribution is 0.0949. The van der Waals surface area contributed by atoms with Gasteiger partial charge >= 0.3 is 0 Å². The molecule has 1 aromatic rings. The number of carbonyl (C=O) groups excluding carboxylic acids is 1. The largest absolute Gasteiger partial charge is 0.348 e. The highest BCUT2D eigenvalue weighted by Crippen LogP contribution is 2.48. The minimum Gasteiger partial charge on any atom is -0.348 e. The van der Waals surface area contributed by atoms with E-state index in [1.165, 1.54) is 11.3 Å². The minimum atomic E-state index is 0.0853. The summed E-state index contributed by atoms with van der Waals surface area (Å²) in [6.45, 7) is 4.41. The summed E-state index contributed by atoms with van der Waals surface area (Å²) in [5.41, 5.74) is 0.354. The van der Waals surface area contributed by atoms with Gasteiger partial charge in [-0.15, -0.1) is 11.3 Å². The highest BCUT2D eigenvalue weighted by atomic mass is 32.1. The van der Waals surface area contributed by atoms with Crippen molar-refractivity contribution in [3.05, 3.63) is 22.4 Å². The van der Waals surface area contributed by atoms with E-state index >= 15 is 0 Å². The van der Waals surface area contributed by atoms with Crippen LogP contribution >= 0.6 is 11.3 Å². The molecule has 1 saturated carbocycles. The maximum absolute atomic E-state index is 11.7. The summed E-state index contributed by atoms with van der Waals surface area (Å²) in [5, 5.41) is 5.00. The molecule has 2 atom stereocenters. The first-order valence-electron chi connectivity index (χ1n) is 5.00. The molecule has 1 heterocycles. The third-order valence-corrected chi connectivity index (χ3v) is 4.08. The average molecular weight is 209 g/mol. The van der Waals surface area contributed by atoms with Crippen molar-refractivity contribution in [1.29, 1.82) is 0 Å². The van der Waals surface area contributed by atoms with Crippen LogP contribution in [0.15, 0.2) is 17.5 Å². The van der Waals surface area contributed by atoms with Crippen molar-refractivity contribution in [3.8, 4) is 0 Å². The maximum atomic E-state index is 11.7. The summed E-state index contributed by atoms with van der Waals surface area (Å²) in [5.74, 6) is 0.0853. The molecule has 0 aliphatic heterocycles. The number of hydrogen-bond donors (Lipinski definition) is 1. The maximum Gasteiger partial charge on any atom is 0.261 e. The number of rotatable bonds is 3. The molecule has 3 heteroatoms. The van der Waals surface area contributed by atoms with Crippen molar-refractivity contribution in [3.63, 3.8) is 0 Å². The molecule has 2 nitrogen and oxygen atoms in total. The summed E-state index contributed by atoms with van der Waals surface area (Å²) >= 11 is 1.50. The van der Waals surface area contributed by atoms with Gasteiger partial charge in [-0.2, -0.15) is 0 Å². The van der Waals surface area contributed by atoms with Gasteiger partial charge in [0.15, 0.2) is 0 Å². The Morgan fingerprint density at radius 2 is 2.57 bits per heavy atom. The van der Waals surface area contributed by atoms with Crippen LogP contribution in [0.3, 0.4) is 0 Å². The summed E-state index contributed by atoms with van der Waals surface area (Å²) < 4.78 is 0. The zero-order chi connectivity index (χ0) is 10.2. The Hall–Kier alpha value is -0.830. The van der Waals surface area contributed by atoms with Crippen molar-refractivity contribution >= 4 is 17.2 Å². The second-order valence-electron chi connectivity index (χ2n) is 4.22. The molecule has 1 N–H and O–H groups in total. The first-order chi connectivity index (χ1) is 6.65. The highest BCUT2D eigenvalue weighted by molar-refractivity contribution is 7.12. The van der Waals surface area contributed by atoms with Crippen LogP contribution in [-0.2, 0) is 0 Å². The van der Waals surface area contributed by atoms with Gasteiger partial charge in [-0.25, -0.2) is 0 Å². The molecule has 0 spiro atoms. The smallest absolute Gasteiger partial charge is 0.261 e. The van der Waals surface area contributed by atoms with E-state index in [1.807, 2.05) is 17.5 Å². The number of carbonyl (C=O) groups is 1. The van der Waals surface area contributed by atoms with Gasteiger partial charge in [0.2, 0.25) is 0 Å². The van der Waals surface area contributed by atoms with Crippen LogP contribution in [0.5, 0.6) is 0 Å². The minimum absolute atomic E-state index is 0.0853. The highest BCUT2D eigenvalue weighted by Gasteiger charge is 2.49. The van der Waals surface area contributed by atoms with Crippen molar-refractivity contribution in [1.82, 2.24) is 5.32 Å². The zero-order valence-electron chi connectivity index (χ0n) is 8.54. The summed E-state index contributed by atoms with van der Waals surface area (Å²) in [6, 6.07) is 4.17. The fraction of sp³-hybridized carbons (Fsp3) is 0.545. The first-order valence-corrected chi connectivity index (χ1v) is 5.88. The van der Waals surface area contributed by atoms with Gasteiger partial charge in [-0.05, 0) is 29.7 Å². The molecule has 0 aromatic carbocycles. The van der Waals surface area contributed by atoms with Crippen molar-refractivity contribution in [2.45, 2.75) is 32.7 Å². The van der Waals surface area contributed by atoms with Gasteiger partial charge in [0.1, 0.15) is 0 Å². The number of hydrogen-bond acceptors (Lipinski definition) is 2. The third-order valence-electron chi connectivity index (χ3n) is 3.21. The first kappa shape index (κ1) is 9.71. The van der Waals surface area contributed by atoms with E-state index in [9.17, 15) is 4.79 Å². The molecule has 1 aliphatic rings. The third kappa shape index (κ3) is 1.69. The second-order valence-corrected chi connectivity index (χ2v) is 5.16. The Morgan fingerprint density at radius 3 is 3.07 bits per heavy atom. The molecule has 1 aromatic heterocycles. The van der Waals surface area contributed by atoms with Crippen LogP contribution in [0.1, 0.15) is 36.4 Å². The van der Waals surface area contributed by atoms with Gasteiger partial charge in [-0.3, -0.25) is 4.79 Å². The predicted molar refractivity (Wildman–Crippen MR) is 58.6 cm³/mol. The number of thiophene rings is 1. The van der Waals surface area contributed by atoms with Gasteiger partial charge < -0.3 is 5.32 Å².